The van der Waals surface area contributed by atoms with Gasteiger partial charge in [0, 0.05) is 12.1 Å². The molecule has 1 atom stereocenters. The van der Waals surface area contributed by atoms with E-state index in [1.807, 2.05) is 0 Å². The SMILES string of the molecule is Cc1noc([C@@H]2CC(F)(F)CN2C(=O)c2cc(C)[nH]n2)n1. The number of aromatic nitrogens is 4. The van der Waals surface area contributed by atoms with Crippen LogP contribution in [0.15, 0.2) is 10.6 Å². The quantitative estimate of drug-likeness (QED) is 0.910. The molecule has 3 heterocycles. The van der Waals surface area contributed by atoms with Crippen molar-refractivity contribution in [3.8, 4) is 0 Å². The molecule has 112 valence electrons. The zero-order valence-corrected chi connectivity index (χ0v) is 11.4. The molecule has 1 fully saturated rings. The molecule has 0 saturated carbocycles. The van der Waals surface area contributed by atoms with Crippen LogP contribution >= 0.6 is 0 Å². The van der Waals surface area contributed by atoms with E-state index >= 15 is 0 Å². The van der Waals surface area contributed by atoms with Gasteiger partial charge in [-0.1, -0.05) is 5.16 Å². The van der Waals surface area contributed by atoms with Crippen LogP contribution in [0.25, 0.3) is 0 Å². The molecule has 1 aliphatic heterocycles. The van der Waals surface area contributed by atoms with Crippen molar-refractivity contribution in [1.29, 1.82) is 0 Å². The second-order valence-corrected chi connectivity index (χ2v) is 5.12. The minimum Gasteiger partial charge on any atom is -0.337 e. The third-order valence-corrected chi connectivity index (χ3v) is 3.28. The Kier molecular flexibility index (Phi) is 2.99. The summed E-state index contributed by atoms with van der Waals surface area (Å²) in [6.07, 6.45) is -0.538. The van der Waals surface area contributed by atoms with E-state index in [0.717, 1.165) is 4.90 Å². The van der Waals surface area contributed by atoms with Gasteiger partial charge in [-0.15, -0.1) is 0 Å². The fraction of sp³-hybridized carbons (Fsp3) is 0.500. The predicted molar refractivity (Wildman–Crippen MR) is 65.7 cm³/mol. The Hall–Kier alpha value is -2.32. The number of aryl methyl sites for hydroxylation is 2. The van der Waals surface area contributed by atoms with E-state index in [4.69, 9.17) is 4.52 Å². The van der Waals surface area contributed by atoms with Crippen molar-refractivity contribution in [2.75, 3.05) is 6.54 Å². The maximum Gasteiger partial charge on any atom is 0.275 e. The molecule has 21 heavy (non-hydrogen) atoms. The first kappa shape index (κ1) is 13.7. The molecule has 0 radical (unpaired) electrons. The van der Waals surface area contributed by atoms with E-state index in [-0.39, 0.29) is 11.6 Å². The smallest absolute Gasteiger partial charge is 0.275 e. The normalized spacial score (nSPS) is 21.0. The van der Waals surface area contributed by atoms with Crippen LogP contribution in [0.1, 0.15) is 40.4 Å². The Labute approximate surface area is 118 Å². The fourth-order valence-corrected chi connectivity index (χ4v) is 2.37. The number of hydrogen-bond acceptors (Lipinski definition) is 5. The maximum absolute atomic E-state index is 13.7. The average molecular weight is 297 g/mol. The van der Waals surface area contributed by atoms with Crippen LogP contribution in [0.5, 0.6) is 0 Å². The van der Waals surface area contributed by atoms with E-state index in [9.17, 15) is 13.6 Å². The Morgan fingerprint density at radius 2 is 2.29 bits per heavy atom. The molecule has 1 N–H and O–H groups in total. The lowest BCUT2D eigenvalue weighted by atomic mass is 10.2. The van der Waals surface area contributed by atoms with Crippen LogP contribution in [0.4, 0.5) is 8.78 Å². The maximum atomic E-state index is 13.7. The van der Waals surface area contributed by atoms with Crippen molar-refractivity contribution < 1.29 is 18.1 Å². The van der Waals surface area contributed by atoms with E-state index in [2.05, 4.69) is 20.3 Å². The molecule has 7 nitrogen and oxygen atoms in total. The molecule has 0 bridgehead atoms. The first-order valence-electron chi connectivity index (χ1n) is 6.37. The molecule has 0 spiro atoms. The highest BCUT2D eigenvalue weighted by molar-refractivity contribution is 5.92. The standard InChI is InChI=1S/C12H13F2N5O2/c1-6-3-8(17-16-6)11(20)19-5-12(13,14)4-9(19)10-15-7(2)18-21-10/h3,9H,4-5H2,1-2H3,(H,16,17)/t9-/m0/s1. The van der Waals surface area contributed by atoms with E-state index in [1.165, 1.54) is 6.07 Å². The van der Waals surface area contributed by atoms with Gasteiger partial charge in [0.1, 0.15) is 11.7 Å². The van der Waals surface area contributed by atoms with Crippen molar-refractivity contribution >= 4 is 5.91 Å². The Morgan fingerprint density at radius 1 is 1.52 bits per heavy atom. The van der Waals surface area contributed by atoms with Gasteiger partial charge in [-0.05, 0) is 19.9 Å². The summed E-state index contributed by atoms with van der Waals surface area (Å²) in [6.45, 7) is 2.62. The van der Waals surface area contributed by atoms with Gasteiger partial charge < -0.3 is 9.42 Å². The lowest BCUT2D eigenvalue weighted by Crippen LogP contribution is -2.33. The molecular weight excluding hydrogens is 284 g/mol. The number of aromatic amines is 1. The number of alkyl halides is 2. The fourth-order valence-electron chi connectivity index (χ4n) is 2.37. The number of nitrogens with one attached hydrogen (secondary N) is 1. The summed E-state index contributed by atoms with van der Waals surface area (Å²) in [5, 5.41) is 10.0. The summed E-state index contributed by atoms with van der Waals surface area (Å²) < 4.78 is 32.4. The molecular formula is C12H13F2N5O2. The highest BCUT2D eigenvalue weighted by Gasteiger charge is 2.50. The van der Waals surface area contributed by atoms with Crippen molar-refractivity contribution in [3.05, 3.63) is 29.2 Å². The Balaban J connectivity index is 1.92. The Morgan fingerprint density at radius 3 is 2.86 bits per heavy atom. The van der Waals surface area contributed by atoms with Gasteiger partial charge in [0.05, 0.1) is 6.54 Å². The number of nitrogens with zero attached hydrogens (tertiary/aromatic N) is 4. The van der Waals surface area contributed by atoms with Gasteiger partial charge in [-0.2, -0.15) is 10.1 Å². The minimum atomic E-state index is -2.99. The molecule has 9 heteroatoms. The second-order valence-electron chi connectivity index (χ2n) is 5.12. The van der Waals surface area contributed by atoms with Gasteiger partial charge in [0.25, 0.3) is 11.8 Å². The molecule has 2 aromatic heterocycles. The number of halogens is 2. The number of amides is 1. The van der Waals surface area contributed by atoms with Crippen LogP contribution in [-0.4, -0.2) is 43.6 Å². The van der Waals surface area contributed by atoms with Crippen LogP contribution in [-0.2, 0) is 0 Å². The summed E-state index contributed by atoms with van der Waals surface area (Å²) in [5.74, 6) is -3.22. The largest absolute Gasteiger partial charge is 0.337 e. The topological polar surface area (TPSA) is 87.9 Å². The predicted octanol–water partition coefficient (Wildman–Crippen LogP) is 1.63. The van der Waals surface area contributed by atoms with Crippen molar-refractivity contribution in [2.24, 2.45) is 0 Å². The zero-order valence-electron chi connectivity index (χ0n) is 11.4. The number of likely N-dealkylation sites (tertiary alicyclic amines) is 1. The number of rotatable bonds is 2. The third kappa shape index (κ3) is 2.50. The van der Waals surface area contributed by atoms with Gasteiger partial charge in [-0.25, -0.2) is 8.78 Å². The lowest BCUT2D eigenvalue weighted by molar-refractivity contribution is 0.0116. The third-order valence-electron chi connectivity index (χ3n) is 3.28. The molecule has 1 amide bonds. The molecule has 0 aliphatic carbocycles. The summed E-state index contributed by atoms with van der Waals surface area (Å²) in [4.78, 5) is 17.3. The average Bonchev–Trinajstić information content (AvgIpc) is 3.08. The van der Waals surface area contributed by atoms with Crippen molar-refractivity contribution in [3.63, 3.8) is 0 Å². The highest BCUT2D eigenvalue weighted by Crippen LogP contribution is 2.41. The molecule has 1 saturated heterocycles. The molecule has 0 unspecified atom stereocenters. The monoisotopic (exact) mass is 297 g/mol. The Bertz CT molecular complexity index is 681. The molecule has 0 aromatic carbocycles. The first-order chi connectivity index (χ1) is 9.85. The number of hydrogen-bond donors (Lipinski definition) is 1. The van der Waals surface area contributed by atoms with Crippen LogP contribution in [0.3, 0.4) is 0 Å². The second kappa shape index (κ2) is 4.61. The van der Waals surface area contributed by atoms with E-state index in [1.54, 1.807) is 13.8 Å². The van der Waals surface area contributed by atoms with Crippen molar-refractivity contribution in [1.82, 2.24) is 25.2 Å². The summed E-state index contributed by atoms with van der Waals surface area (Å²) in [7, 11) is 0. The minimum absolute atomic E-state index is 0.0188. The summed E-state index contributed by atoms with van der Waals surface area (Å²) in [6, 6.07) is 0.570. The first-order valence-corrected chi connectivity index (χ1v) is 6.37. The summed E-state index contributed by atoms with van der Waals surface area (Å²) in [5.41, 5.74) is 0.765. The lowest BCUT2D eigenvalue weighted by Gasteiger charge is -2.19. The molecule has 2 aromatic rings. The van der Waals surface area contributed by atoms with Gasteiger partial charge >= 0.3 is 0 Å². The highest BCUT2D eigenvalue weighted by atomic mass is 19.3. The van der Waals surface area contributed by atoms with Crippen molar-refractivity contribution in [2.45, 2.75) is 32.2 Å². The zero-order chi connectivity index (χ0) is 15.2. The molecule has 3 rings (SSSR count). The van der Waals surface area contributed by atoms with E-state index in [0.29, 0.717) is 11.5 Å². The van der Waals surface area contributed by atoms with Crippen LogP contribution in [0.2, 0.25) is 0 Å². The summed E-state index contributed by atoms with van der Waals surface area (Å²) >= 11 is 0. The number of carbonyl (C=O) groups is 1. The van der Waals surface area contributed by atoms with Gasteiger partial charge in [0.15, 0.2) is 5.82 Å². The van der Waals surface area contributed by atoms with Crippen LogP contribution < -0.4 is 0 Å². The van der Waals surface area contributed by atoms with E-state index < -0.39 is 30.8 Å². The van der Waals surface area contributed by atoms with Gasteiger partial charge in [-0.3, -0.25) is 9.89 Å². The number of carbonyl (C=O) groups excluding carboxylic acids is 1. The van der Waals surface area contributed by atoms with Crippen LogP contribution in [0, 0.1) is 13.8 Å². The number of H-pyrrole nitrogens is 1. The molecule has 1 aliphatic rings. The van der Waals surface area contributed by atoms with Gasteiger partial charge in [0.2, 0.25) is 5.89 Å².